The van der Waals surface area contributed by atoms with Gasteiger partial charge in [0, 0.05) is 13.1 Å². The van der Waals surface area contributed by atoms with Gasteiger partial charge in [0.05, 0.1) is 20.3 Å². The van der Waals surface area contributed by atoms with Crippen LogP contribution in [0, 0.1) is 0 Å². The third kappa shape index (κ3) is 8.36. The van der Waals surface area contributed by atoms with Crippen molar-refractivity contribution in [3.8, 4) is 0 Å². The van der Waals surface area contributed by atoms with Gasteiger partial charge in [-0.25, -0.2) is 4.18 Å². The number of halogens is 1. The van der Waals surface area contributed by atoms with Crippen molar-refractivity contribution in [3.63, 3.8) is 0 Å². The van der Waals surface area contributed by atoms with Crippen molar-refractivity contribution < 1.29 is 21.2 Å². The molecule has 0 aliphatic carbocycles. The molecule has 0 spiro atoms. The number of nitrogens with zero attached hydrogens (tertiary/aromatic N) is 1. The molecular formula is C7H16FNO4S. The first kappa shape index (κ1) is 13.8. The number of hydrogen-bond acceptors (Lipinski definition) is 5. The smallest absolute Gasteiger partial charge is 0.379 e. The second-order valence-electron chi connectivity index (χ2n) is 2.61. The van der Waals surface area contributed by atoms with E-state index in [2.05, 4.69) is 16.0 Å². The quantitative estimate of drug-likeness (QED) is 0.632. The van der Waals surface area contributed by atoms with Gasteiger partial charge in [-0.3, -0.25) is 4.90 Å². The summed E-state index contributed by atoms with van der Waals surface area (Å²) >= 11 is 0. The van der Waals surface area contributed by atoms with Crippen LogP contribution in [-0.2, 0) is 19.4 Å². The highest BCUT2D eigenvalue weighted by molar-refractivity contribution is 7.81. The molecule has 1 aliphatic heterocycles. The standard InChI is InChI=1S/C6H13NO.CH3FO3S/c1-2-7-3-5-8-6-4-7;1-5-6(2,3)4/h2-6H2,1H3;1H3. The van der Waals surface area contributed by atoms with Crippen LogP contribution in [0.15, 0.2) is 0 Å². The summed E-state index contributed by atoms with van der Waals surface area (Å²) in [5.41, 5.74) is 0. The zero-order chi connectivity index (χ0) is 11.0. The Morgan fingerprint density at radius 2 is 1.86 bits per heavy atom. The zero-order valence-electron chi connectivity index (χ0n) is 8.40. The molecule has 1 fully saturated rings. The van der Waals surface area contributed by atoms with Crippen molar-refractivity contribution in [1.29, 1.82) is 0 Å². The normalized spacial score (nSPS) is 18.5. The Morgan fingerprint density at radius 1 is 1.43 bits per heavy atom. The molecule has 0 aromatic heterocycles. The molecular weight excluding hydrogens is 213 g/mol. The lowest BCUT2D eigenvalue weighted by Gasteiger charge is -2.24. The highest BCUT2D eigenvalue weighted by atomic mass is 32.3. The fraction of sp³-hybridized carbons (Fsp3) is 1.00. The Morgan fingerprint density at radius 3 is 2.07 bits per heavy atom. The summed E-state index contributed by atoms with van der Waals surface area (Å²) in [6.45, 7) is 7.45. The minimum Gasteiger partial charge on any atom is -0.379 e. The molecule has 0 unspecified atom stereocenters. The minimum absolute atomic E-state index is 0.745. The summed E-state index contributed by atoms with van der Waals surface area (Å²) in [5.74, 6) is 0. The maximum Gasteiger partial charge on any atom is 0.437 e. The Balaban J connectivity index is 0.000000255. The molecule has 0 N–H and O–H groups in total. The van der Waals surface area contributed by atoms with Crippen molar-refractivity contribution in [2.75, 3.05) is 40.0 Å². The molecule has 0 aromatic rings. The van der Waals surface area contributed by atoms with Crippen LogP contribution >= 0.6 is 0 Å². The fourth-order valence-electron chi connectivity index (χ4n) is 0.917. The van der Waals surface area contributed by atoms with E-state index >= 15 is 0 Å². The van der Waals surface area contributed by atoms with Gasteiger partial charge in [0.2, 0.25) is 0 Å². The maximum atomic E-state index is 10.9. The summed E-state index contributed by atoms with van der Waals surface area (Å²) in [6.07, 6.45) is 0. The second-order valence-corrected chi connectivity index (χ2v) is 3.73. The van der Waals surface area contributed by atoms with E-state index in [0.29, 0.717) is 0 Å². The van der Waals surface area contributed by atoms with E-state index in [0.717, 1.165) is 33.4 Å². The molecule has 1 aliphatic rings. The van der Waals surface area contributed by atoms with Crippen LogP contribution in [0.1, 0.15) is 6.92 Å². The lowest BCUT2D eigenvalue weighted by molar-refractivity contribution is 0.0405. The van der Waals surface area contributed by atoms with E-state index in [4.69, 9.17) is 13.2 Å². The van der Waals surface area contributed by atoms with Gasteiger partial charge in [0.25, 0.3) is 0 Å². The summed E-state index contributed by atoms with van der Waals surface area (Å²) in [5, 5.41) is 0. The molecule has 1 saturated heterocycles. The zero-order valence-corrected chi connectivity index (χ0v) is 9.22. The molecule has 0 bridgehead atoms. The third-order valence-electron chi connectivity index (χ3n) is 1.75. The highest BCUT2D eigenvalue weighted by Crippen LogP contribution is 1.93. The Hall–Kier alpha value is -0.240. The van der Waals surface area contributed by atoms with Crippen LogP contribution in [0.25, 0.3) is 0 Å². The van der Waals surface area contributed by atoms with E-state index < -0.39 is 10.5 Å². The third-order valence-corrected chi connectivity index (χ3v) is 2.15. The van der Waals surface area contributed by atoms with E-state index in [1.54, 1.807) is 0 Å². The van der Waals surface area contributed by atoms with Crippen molar-refractivity contribution >= 4 is 10.5 Å². The molecule has 0 amide bonds. The number of hydrogen-bond donors (Lipinski definition) is 0. The fourth-order valence-corrected chi connectivity index (χ4v) is 0.917. The predicted octanol–water partition coefficient (Wildman–Crippen LogP) is 0.186. The van der Waals surface area contributed by atoms with Crippen LogP contribution in [0.3, 0.4) is 0 Å². The van der Waals surface area contributed by atoms with Gasteiger partial charge >= 0.3 is 10.5 Å². The monoisotopic (exact) mass is 229 g/mol. The SMILES string of the molecule is CCN1CCOCC1.COS(=O)(=O)F. The first-order valence-corrected chi connectivity index (χ1v) is 5.60. The minimum atomic E-state index is -4.66. The molecule has 0 saturated carbocycles. The van der Waals surface area contributed by atoms with E-state index in [-0.39, 0.29) is 0 Å². The highest BCUT2D eigenvalue weighted by Gasteiger charge is 2.05. The lowest BCUT2D eigenvalue weighted by atomic mass is 10.4. The van der Waals surface area contributed by atoms with Gasteiger partial charge in [-0.05, 0) is 6.54 Å². The van der Waals surface area contributed by atoms with Crippen molar-refractivity contribution in [1.82, 2.24) is 4.90 Å². The summed E-state index contributed by atoms with van der Waals surface area (Å²) in [7, 11) is -3.92. The molecule has 0 aromatic carbocycles. The Bertz CT molecular complexity index is 226. The van der Waals surface area contributed by atoms with E-state index in [1.165, 1.54) is 6.54 Å². The summed E-state index contributed by atoms with van der Waals surface area (Å²) < 4.78 is 37.5. The van der Waals surface area contributed by atoms with Gasteiger partial charge in [-0.15, -0.1) is 0 Å². The number of ether oxygens (including phenoxy) is 1. The van der Waals surface area contributed by atoms with Crippen molar-refractivity contribution in [2.45, 2.75) is 6.92 Å². The Labute approximate surface area is 84.2 Å². The Kier molecular flexibility index (Phi) is 6.98. The van der Waals surface area contributed by atoms with Crippen molar-refractivity contribution in [2.24, 2.45) is 0 Å². The van der Waals surface area contributed by atoms with Crippen LogP contribution in [0.5, 0.6) is 0 Å². The van der Waals surface area contributed by atoms with Gasteiger partial charge in [-0.2, -0.15) is 8.42 Å². The van der Waals surface area contributed by atoms with Crippen LogP contribution in [0.4, 0.5) is 3.89 Å². The molecule has 14 heavy (non-hydrogen) atoms. The summed E-state index contributed by atoms with van der Waals surface area (Å²) in [6, 6.07) is 0. The van der Waals surface area contributed by atoms with E-state index in [1.807, 2.05) is 0 Å². The molecule has 0 atom stereocenters. The van der Waals surface area contributed by atoms with Crippen LogP contribution < -0.4 is 0 Å². The van der Waals surface area contributed by atoms with Gasteiger partial charge in [-0.1, -0.05) is 10.8 Å². The largest absolute Gasteiger partial charge is 0.437 e. The predicted molar refractivity (Wildman–Crippen MR) is 50.0 cm³/mol. The summed E-state index contributed by atoms with van der Waals surface area (Å²) in [4.78, 5) is 2.39. The first-order valence-electron chi connectivity index (χ1n) is 4.30. The average Bonchev–Trinajstić information content (AvgIpc) is 2.19. The van der Waals surface area contributed by atoms with E-state index in [9.17, 15) is 3.89 Å². The molecule has 86 valence electrons. The maximum absolute atomic E-state index is 10.9. The number of rotatable bonds is 2. The van der Waals surface area contributed by atoms with Crippen molar-refractivity contribution in [3.05, 3.63) is 0 Å². The van der Waals surface area contributed by atoms with Gasteiger partial charge < -0.3 is 4.74 Å². The topological polar surface area (TPSA) is 55.8 Å². The first-order chi connectivity index (χ1) is 6.49. The molecule has 0 radical (unpaired) electrons. The lowest BCUT2D eigenvalue weighted by Crippen LogP contribution is -2.35. The molecule has 7 heteroatoms. The molecule has 1 rings (SSSR count). The van der Waals surface area contributed by atoms with Gasteiger partial charge in [0.1, 0.15) is 0 Å². The van der Waals surface area contributed by atoms with Crippen LogP contribution in [-0.4, -0.2) is 53.3 Å². The molecule has 1 heterocycles. The average molecular weight is 229 g/mol. The van der Waals surface area contributed by atoms with Crippen LogP contribution in [0.2, 0.25) is 0 Å². The van der Waals surface area contributed by atoms with Gasteiger partial charge in [0.15, 0.2) is 0 Å². The number of morpholine rings is 1. The second kappa shape index (κ2) is 7.10. The molecule has 5 nitrogen and oxygen atoms in total. The number of likely N-dealkylation sites (N-methyl/N-ethyl adjacent to an activating group) is 1.